The Hall–Kier alpha value is -2.33. The molecule has 2 aromatic carbocycles. The average molecular weight is 382 g/mol. The van der Waals surface area contributed by atoms with Gasteiger partial charge in [-0.15, -0.1) is 0 Å². The summed E-state index contributed by atoms with van der Waals surface area (Å²) in [5, 5.41) is 9.88. The number of carbonyl (C=O) groups is 1. The molecular formula is C24H31NO3. The number of benzene rings is 2. The molecule has 0 bridgehead atoms. The summed E-state index contributed by atoms with van der Waals surface area (Å²) in [6, 6.07) is 17.8. The summed E-state index contributed by atoms with van der Waals surface area (Å²) in [7, 11) is 1.47. The number of nitrogens with zero attached hydrogens (tertiary/aromatic N) is 1. The fraction of sp³-hybridized carbons (Fsp3) is 0.458. The van der Waals surface area contributed by atoms with Crippen molar-refractivity contribution < 1.29 is 14.6 Å². The first kappa shape index (κ1) is 20.4. The lowest BCUT2D eigenvalue weighted by Crippen LogP contribution is -2.49. The number of hydrogen-bond donors (Lipinski definition) is 1. The third-order valence-corrected chi connectivity index (χ3v) is 6.41. The zero-order chi connectivity index (χ0) is 20.1. The minimum atomic E-state index is -0.162. The molecule has 4 heteroatoms. The van der Waals surface area contributed by atoms with E-state index in [9.17, 15) is 9.90 Å². The zero-order valence-electron chi connectivity index (χ0n) is 17.1. The maximum Gasteiger partial charge on any atom is 0.310 e. The molecule has 1 heterocycles. The monoisotopic (exact) mass is 381 g/mol. The van der Waals surface area contributed by atoms with E-state index in [1.165, 1.54) is 12.7 Å². The van der Waals surface area contributed by atoms with Crippen molar-refractivity contribution in [2.24, 2.45) is 11.8 Å². The average Bonchev–Trinajstić information content (AvgIpc) is 2.70. The number of hydrogen-bond acceptors (Lipinski definition) is 4. The van der Waals surface area contributed by atoms with Crippen LogP contribution in [-0.4, -0.2) is 42.7 Å². The lowest BCUT2D eigenvalue weighted by molar-refractivity contribution is -0.146. The minimum absolute atomic E-state index is 0.0232. The molecule has 2 unspecified atom stereocenters. The molecule has 0 amide bonds. The molecule has 4 nitrogen and oxygen atoms in total. The Bertz CT molecular complexity index is 791. The Morgan fingerprint density at radius 2 is 2.00 bits per heavy atom. The molecule has 3 atom stereocenters. The molecule has 0 spiro atoms. The van der Waals surface area contributed by atoms with Gasteiger partial charge in [-0.3, -0.25) is 4.79 Å². The quantitative estimate of drug-likeness (QED) is 0.768. The Labute approximate surface area is 168 Å². The Morgan fingerprint density at radius 3 is 2.64 bits per heavy atom. The molecule has 1 aliphatic heterocycles. The normalized spacial score (nSPS) is 23.9. The second-order valence-electron chi connectivity index (χ2n) is 8.29. The van der Waals surface area contributed by atoms with Crippen molar-refractivity contribution in [3.8, 4) is 5.75 Å². The van der Waals surface area contributed by atoms with E-state index in [1.54, 1.807) is 6.07 Å². The number of aromatic hydroxyl groups is 1. The van der Waals surface area contributed by atoms with Crippen LogP contribution in [0.15, 0.2) is 54.6 Å². The predicted octanol–water partition coefficient (Wildman–Crippen LogP) is 4.02. The van der Waals surface area contributed by atoms with Crippen molar-refractivity contribution in [2.45, 2.75) is 32.1 Å². The van der Waals surface area contributed by atoms with E-state index >= 15 is 0 Å². The number of likely N-dealkylation sites (tertiary alicyclic amines) is 1. The lowest BCUT2D eigenvalue weighted by atomic mass is 9.68. The van der Waals surface area contributed by atoms with Crippen LogP contribution in [0.3, 0.4) is 0 Å². The fourth-order valence-electron chi connectivity index (χ4n) is 4.37. The van der Waals surface area contributed by atoms with Crippen molar-refractivity contribution in [1.82, 2.24) is 4.90 Å². The number of methoxy groups -OCH3 is 1. The summed E-state index contributed by atoms with van der Waals surface area (Å²) >= 11 is 0. The van der Waals surface area contributed by atoms with Gasteiger partial charge < -0.3 is 14.7 Å². The van der Waals surface area contributed by atoms with Gasteiger partial charge in [-0.1, -0.05) is 56.3 Å². The highest BCUT2D eigenvalue weighted by Crippen LogP contribution is 2.40. The Kier molecular flexibility index (Phi) is 6.40. The van der Waals surface area contributed by atoms with Crippen LogP contribution in [0.4, 0.5) is 0 Å². The summed E-state index contributed by atoms with van der Waals surface area (Å²) in [6.07, 6.45) is 1.69. The smallest absolute Gasteiger partial charge is 0.310 e. The predicted molar refractivity (Wildman–Crippen MR) is 111 cm³/mol. The van der Waals surface area contributed by atoms with Gasteiger partial charge in [0.25, 0.3) is 0 Å². The maximum absolute atomic E-state index is 12.4. The van der Waals surface area contributed by atoms with Crippen LogP contribution in [0.25, 0.3) is 0 Å². The van der Waals surface area contributed by atoms with Crippen LogP contribution in [0.5, 0.6) is 5.75 Å². The third kappa shape index (κ3) is 4.56. The van der Waals surface area contributed by atoms with Gasteiger partial charge in [0, 0.05) is 13.1 Å². The second kappa shape index (κ2) is 8.78. The molecule has 2 aromatic rings. The molecule has 28 heavy (non-hydrogen) atoms. The largest absolute Gasteiger partial charge is 0.508 e. The summed E-state index contributed by atoms with van der Waals surface area (Å²) in [5.41, 5.74) is 2.37. The molecule has 0 radical (unpaired) electrons. The van der Waals surface area contributed by atoms with E-state index in [0.717, 1.165) is 25.1 Å². The number of rotatable bonds is 6. The molecule has 1 saturated heterocycles. The van der Waals surface area contributed by atoms with Crippen molar-refractivity contribution >= 4 is 5.97 Å². The van der Waals surface area contributed by atoms with E-state index in [4.69, 9.17) is 4.74 Å². The zero-order valence-corrected chi connectivity index (χ0v) is 17.1. The molecule has 150 valence electrons. The number of piperidine rings is 1. The van der Waals surface area contributed by atoms with Gasteiger partial charge in [-0.2, -0.15) is 0 Å². The van der Waals surface area contributed by atoms with Gasteiger partial charge >= 0.3 is 5.97 Å². The van der Waals surface area contributed by atoms with Crippen LogP contribution < -0.4 is 0 Å². The molecule has 0 aliphatic carbocycles. The van der Waals surface area contributed by atoms with E-state index in [2.05, 4.69) is 36.9 Å². The van der Waals surface area contributed by atoms with Crippen LogP contribution in [0, 0.1) is 11.8 Å². The van der Waals surface area contributed by atoms with E-state index in [1.807, 2.05) is 30.3 Å². The first-order valence-electron chi connectivity index (χ1n) is 10.1. The lowest BCUT2D eigenvalue weighted by Gasteiger charge is -2.45. The number of phenols is 1. The third-order valence-electron chi connectivity index (χ3n) is 6.41. The summed E-state index contributed by atoms with van der Waals surface area (Å²) < 4.78 is 5.08. The van der Waals surface area contributed by atoms with Crippen molar-refractivity contribution in [3.05, 3.63) is 65.7 Å². The van der Waals surface area contributed by atoms with Crippen molar-refractivity contribution in [3.63, 3.8) is 0 Å². The SMILES string of the molecule is COC(=O)C(Cc1ccccc1)CN1CC[C@@](C)(c2cccc(O)c2)C(C)C1. The van der Waals surface area contributed by atoms with Gasteiger partial charge in [0.1, 0.15) is 5.75 Å². The fourth-order valence-corrected chi connectivity index (χ4v) is 4.37. The minimum Gasteiger partial charge on any atom is -0.508 e. The molecule has 3 rings (SSSR count). The van der Waals surface area contributed by atoms with Crippen LogP contribution in [0.2, 0.25) is 0 Å². The van der Waals surface area contributed by atoms with Crippen molar-refractivity contribution in [2.75, 3.05) is 26.7 Å². The molecule has 1 aliphatic rings. The van der Waals surface area contributed by atoms with Gasteiger partial charge in [0.2, 0.25) is 0 Å². The summed E-state index contributed by atoms with van der Waals surface area (Å²) in [5.74, 6) is 0.433. The van der Waals surface area contributed by atoms with Gasteiger partial charge in [-0.05, 0) is 54.0 Å². The van der Waals surface area contributed by atoms with Crippen LogP contribution in [0.1, 0.15) is 31.4 Å². The van der Waals surface area contributed by atoms with E-state index < -0.39 is 0 Å². The Morgan fingerprint density at radius 1 is 1.25 bits per heavy atom. The van der Waals surface area contributed by atoms with Crippen LogP contribution in [-0.2, 0) is 21.4 Å². The number of esters is 1. The number of phenolic OH excluding ortho intramolecular Hbond substituents is 1. The first-order chi connectivity index (χ1) is 13.4. The molecule has 0 saturated carbocycles. The second-order valence-corrected chi connectivity index (χ2v) is 8.29. The highest BCUT2D eigenvalue weighted by atomic mass is 16.5. The van der Waals surface area contributed by atoms with E-state index in [-0.39, 0.29) is 17.3 Å². The summed E-state index contributed by atoms with van der Waals surface area (Å²) in [6.45, 7) is 7.11. The first-order valence-corrected chi connectivity index (χ1v) is 10.1. The molecule has 0 aromatic heterocycles. The van der Waals surface area contributed by atoms with E-state index in [0.29, 0.717) is 24.6 Å². The Balaban J connectivity index is 1.68. The van der Waals surface area contributed by atoms with Gasteiger partial charge in [0.05, 0.1) is 13.0 Å². The number of ether oxygens (including phenoxy) is 1. The van der Waals surface area contributed by atoms with Crippen LogP contribution >= 0.6 is 0 Å². The van der Waals surface area contributed by atoms with Crippen molar-refractivity contribution in [1.29, 1.82) is 0 Å². The highest BCUT2D eigenvalue weighted by Gasteiger charge is 2.39. The summed E-state index contributed by atoms with van der Waals surface area (Å²) in [4.78, 5) is 14.8. The van der Waals surface area contributed by atoms with Gasteiger partial charge in [-0.25, -0.2) is 0 Å². The molecule has 1 fully saturated rings. The maximum atomic E-state index is 12.4. The topological polar surface area (TPSA) is 49.8 Å². The number of carbonyl (C=O) groups excluding carboxylic acids is 1. The standard InChI is InChI=1S/C24H31NO3/c1-18-16-25(13-12-24(18,2)21-10-7-11-22(26)15-21)17-20(23(27)28-3)14-19-8-5-4-6-9-19/h4-11,15,18,20,26H,12-14,16-17H2,1-3H3/t18?,20?,24-/m1/s1. The highest BCUT2D eigenvalue weighted by molar-refractivity contribution is 5.73. The molecule has 1 N–H and O–H groups in total. The van der Waals surface area contributed by atoms with Gasteiger partial charge in [0.15, 0.2) is 0 Å². The molecular weight excluding hydrogens is 350 g/mol.